The van der Waals surface area contributed by atoms with E-state index >= 15 is 0 Å². The lowest BCUT2D eigenvalue weighted by molar-refractivity contribution is 0.0538. The molecule has 1 aliphatic carbocycles. The van der Waals surface area contributed by atoms with Crippen molar-refractivity contribution < 1.29 is 0 Å². The van der Waals surface area contributed by atoms with Gasteiger partial charge in [0, 0.05) is 19.1 Å². The minimum Gasteiger partial charge on any atom is -0.370 e. The van der Waals surface area contributed by atoms with E-state index in [4.69, 9.17) is 4.98 Å². The fourth-order valence-corrected chi connectivity index (χ4v) is 3.98. The van der Waals surface area contributed by atoms with Crippen molar-refractivity contribution in [3.63, 3.8) is 0 Å². The molecule has 1 N–H and O–H groups in total. The summed E-state index contributed by atoms with van der Waals surface area (Å²) in [6, 6.07) is 7.18. The van der Waals surface area contributed by atoms with E-state index in [-0.39, 0.29) is 0 Å². The summed E-state index contributed by atoms with van der Waals surface area (Å²) in [6.07, 6.45) is 8.54. The molecule has 110 valence electrons. The molecule has 0 unspecified atom stereocenters. The lowest BCUT2D eigenvalue weighted by atomic mass is 9.78. The van der Waals surface area contributed by atoms with Crippen LogP contribution >= 0.6 is 0 Å². The fraction of sp³-hybridized carbons (Fsp3) is 0.706. The minimum atomic E-state index is 0.821. The number of nitrogens with zero attached hydrogens (tertiary/aromatic N) is 2. The van der Waals surface area contributed by atoms with Crippen molar-refractivity contribution in [2.45, 2.75) is 58.0 Å². The first kappa shape index (κ1) is 13.9. The van der Waals surface area contributed by atoms with Crippen molar-refractivity contribution in [2.24, 2.45) is 5.92 Å². The highest BCUT2D eigenvalue weighted by molar-refractivity contribution is 5.35. The average molecular weight is 273 g/mol. The van der Waals surface area contributed by atoms with Gasteiger partial charge in [-0.3, -0.25) is 4.90 Å². The van der Waals surface area contributed by atoms with Crippen molar-refractivity contribution in [1.29, 1.82) is 0 Å². The minimum absolute atomic E-state index is 0.821. The van der Waals surface area contributed by atoms with E-state index in [2.05, 4.69) is 35.3 Å². The maximum Gasteiger partial charge on any atom is 0.126 e. The Bertz CT molecular complexity index is 430. The van der Waals surface area contributed by atoms with Crippen LogP contribution in [0.1, 0.15) is 51.1 Å². The zero-order chi connectivity index (χ0) is 13.8. The van der Waals surface area contributed by atoms with E-state index in [0.717, 1.165) is 30.9 Å². The lowest BCUT2D eigenvalue weighted by Crippen LogP contribution is -2.46. The molecule has 0 aromatic carbocycles. The Balaban J connectivity index is 1.68. The molecule has 3 rings (SSSR count). The Morgan fingerprint density at radius 1 is 1.20 bits per heavy atom. The molecular weight excluding hydrogens is 246 g/mol. The number of nitrogens with one attached hydrogen (secondary N) is 1. The van der Waals surface area contributed by atoms with Crippen LogP contribution in [0.2, 0.25) is 0 Å². The molecule has 3 heteroatoms. The number of fused-ring (bicyclic) bond motifs is 1. The number of hydrogen-bond acceptors (Lipinski definition) is 3. The maximum atomic E-state index is 4.74. The molecule has 0 bridgehead atoms. The predicted molar refractivity (Wildman–Crippen MR) is 83.8 cm³/mol. The van der Waals surface area contributed by atoms with Crippen LogP contribution in [-0.4, -0.2) is 29.0 Å². The molecule has 20 heavy (non-hydrogen) atoms. The summed E-state index contributed by atoms with van der Waals surface area (Å²) >= 11 is 0. The van der Waals surface area contributed by atoms with Crippen molar-refractivity contribution >= 4 is 5.82 Å². The highest BCUT2D eigenvalue weighted by Gasteiger charge is 2.33. The SMILES string of the molecule is CCNc1cccc(CN2CCC[C@H]3CCCC[C@H]32)n1. The molecule has 1 aliphatic heterocycles. The Kier molecular flexibility index (Phi) is 4.56. The Labute approximate surface area is 122 Å². The summed E-state index contributed by atoms with van der Waals surface area (Å²) < 4.78 is 0. The zero-order valence-electron chi connectivity index (χ0n) is 12.6. The lowest BCUT2D eigenvalue weighted by Gasteiger charge is -2.44. The van der Waals surface area contributed by atoms with Crippen LogP contribution in [0.3, 0.4) is 0 Å². The summed E-state index contributed by atoms with van der Waals surface area (Å²) in [6.45, 7) is 5.34. The molecule has 2 aliphatic rings. The quantitative estimate of drug-likeness (QED) is 0.907. The number of anilines is 1. The zero-order valence-corrected chi connectivity index (χ0v) is 12.6. The third kappa shape index (κ3) is 3.14. The highest BCUT2D eigenvalue weighted by Crippen LogP contribution is 2.35. The summed E-state index contributed by atoms with van der Waals surface area (Å²) in [5.74, 6) is 1.97. The number of piperidine rings is 1. The van der Waals surface area contributed by atoms with Gasteiger partial charge in [-0.1, -0.05) is 18.9 Å². The first-order chi connectivity index (χ1) is 9.86. The van der Waals surface area contributed by atoms with E-state index in [1.807, 2.05) is 0 Å². The first-order valence-corrected chi connectivity index (χ1v) is 8.30. The number of likely N-dealkylation sites (tertiary alicyclic amines) is 1. The topological polar surface area (TPSA) is 28.2 Å². The van der Waals surface area contributed by atoms with Crippen LogP contribution < -0.4 is 5.32 Å². The maximum absolute atomic E-state index is 4.74. The van der Waals surface area contributed by atoms with Gasteiger partial charge in [0.2, 0.25) is 0 Å². The molecule has 0 amide bonds. The molecule has 1 aromatic rings. The molecule has 1 saturated carbocycles. The number of hydrogen-bond donors (Lipinski definition) is 1. The van der Waals surface area contributed by atoms with Gasteiger partial charge in [0.15, 0.2) is 0 Å². The van der Waals surface area contributed by atoms with Gasteiger partial charge in [0.1, 0.15) is 5.82 Å². The Morgan fingerprint density at radius 2 is 2.05 bits per heavy atom. The largest absolute Gasteiger partial charge is 0.370 e. The van der Waals surface area contributed by atoms with Gasteiger partial charge in [-0.25, -0.2) is 4.98 Å². The first-order valence-electron chi connectivity index (χ1n) is 8.30. The Morgan fingerprint density at radius 3 is 2.95 bits per heavy atom. The molecule has 3 nitrogen and oxygen atoms in total. The molecule has 2 fully saturated rings. The predicted octanol–water partition coefficient (Wildman–Crippen LogP) is 3.67. The summed E-state index contributed by atoms with van der Waals surface area (Å²) in [4.78, 5) is 7.44. The molecule has 1 saturated heterocycles. The molecule has 1 aromatic heterocycles. The van der Waals surface area contributed by atoms with Gasteiger partial charge in [-0.05, 0) is 57.2 Å². The second-order valence-corrected chi connectivity index (χ2v) is 6.27. The normalized spacial score (nSPS) is 27.1. The highest BCUT2D eigenvalue weighted by atomic mass is 15.2. The van der Waals surface area contributed by atoms with Crippen molar-refractivity contribution in [1.82, 2.24) is 9.88 Å². The van der Waals surface area contributed by atoms with E-state index in [1.165, 1.54) is 50.8 Å². The second kappa shape index (κ2) is 6.57. The van der Waals surface area contributed by atoms with Crippen molar-refractivity contribution in [3.05, 3.63) is 23.9 Å². The third-order valence-electron chi connectivity index (χ3n) is 4.89. The van der Waals surface area contributed by atoms with Crippen LogP contribution in [0.4, 0.5) is 5.82 Å². The van der Waals surface area contributed by atoms with Crippen LogP contribution in [0.15, 0.2) is 18.2 Å². The van der Waals surface area contributed by atoms with Crippen LogP contribution in [0.25, 0.3) is 0 Å². The van der Waals surface area contributed by atoms with E-state index in [1.54, 1.807) is 0 Å². The molecular formula is C17H27N3. The Hall–Kier alpha value is -1.09. The van der Waals surface area contributed by atoms with Crippen molar-refractivity contribution in [2.75, 3.05) is 18.4 Å². The monoisotopic (exact) mass is 273 g/mol. The van der Waals surface area contributed by atoms with Gasteiger partial charge in [0.25, 0.3) is 0 Å². The van der Waals surface area contributed by atoms with Crippen LogP contribution in [-0.2, 0) is 6.54 Å². The molecule has 0 spiro atoms. The van der Waals surface area contributed by atoms with E-state index < -0.39 is 0 Å². The van der Waals surface area contributed by atoms with E-state index in [9.17, 15) is 0 Å². The second-order valence-electron chi connectivity index (χ2n) is 6.27. The smallest absolute Gasteiger partial charge is 0.126 e. The van der Waals surface area contributed by atoms with Gasteiger partial charge in [-0.2, -0.15) is 0 Å². The van der Waals surface area contributed by atoms with E-state index in [0.29, 0.717) is 0 Å². The average Bonchev–Trinajstić information content (AvgIpc) is 2.48. The fourth-order valence-electron chi connectivity index (χ4n) is 3.98. The van der Waals surface area contributed by atoms with Gasteiger partial charge in [-0.15, -0.1) is 0 Å². The van der Waals surface area contributed by atoms with Gasteiger partial charge >= 0.3 is 0 Å². The third-order valence-corrected chi connectivity index (χ3v) is 4.89. The van der Waals surface area contributed by atoms with Crippen LogP contribution in [0, 0.1) is 5.92 Å². The number of rotatable bonds is 4. The summed E-state index contributed by atoms with van der Waals surface area (Å²) in [5.41, 5.74) is 1.22. The standard InChI is InChI=1S/C17H27N3/c1-2-18-17-11-5-9-15(19-17)13-20-12-6-8-14-7-3-4-10-16(14)20/h5,9,11,14,16H,2-4,6-8,10,12-13H2,1H3,(H,18,19)/t14-,16-/m1/s1. The summed E-state index contributed by atoms with van der Waals surface area (Å²) in [5, 5.41) is 3.31. The van der Waals surface area contributed by atoms with Crippen LogP contribution in [0.5, 0.6) is 0 Å². The summed E-state index contributed by atoms with van der Waals surface area (Å²) in [7, 11) is 0. The number of aromatic nitrogens is 1. The van der Waals surface area contributed by atoms with Gasteiger partial charge in [0.05, 0.1) is 5.69 Å². The molecule has 0 radical (unpaired) electrons. The number of pyridine rings is 1. The molecule has 2 heterocycles. The molecule has 2 atom stereocenters. The van der Waals surface area contributed by atoms with Crippen molar-refractivity contribution in [3.8, 4) is 0 Å². The van der Waals surface area contributed by atoms with Gasteiger partial charge < -0.3 is 5.32 Å².